The Balaban J connectivity index is 2.00. The van der Waals surface area contributed by atoms with Crippen LogP contribution < -0.4 is 12.5 Å². The van der Waals surface area contributed by atoms with Gasteiger partial charge in [0.25, 0.3) is 0 Å². The summed E-state index contributed by atoms with van der Waals surface area (Å²) in [5.74, 6) is -0.00702. The zero-order valence-electron chi connectivity index (χ0n) is 12.6. The number of carboxylic acids is 1. The molecule has 0 bridgehead atoms. The van der Waals surface area contributed by atoms with Crippen LogP contribution in [0.5, 0.6) is 17.2 Å². The molecule has 0 saturated carbocycles. The van der Waals surface area contributed by atoms with Crippen molar-refractivity contribution in [1.82, 2.24) is 3.53 Å². The molecule has 0 heterocycles. The van der Waals surface area contributed by atoms with Crippen LogP contribution in [0.25, 0.3) is 0 Å². The van der Waals surface area contributed by atoms with E-state index in [-0.39, 0.29) is 5.75 Å². The number of hydrogen-bond donors (Lipinski definition) is 3. The molecule has 2 aromatic rings. The summed E-state index contributed by atoms with van der Waals surface area (Å²) in [6.07, 6.45) is 0.334. The molecule has 0 spiro atoms. The third-order valence-electron chi connectivity index (χ3n) is 3.05. The smallest absolute Gasteiger partial charge is 0.446 e. The van der Waals surface area contributed by atoms with Crippen LogP contribution >= 0.6 is 22.9 Å². The predicted molar refractivity (Wildman–Crippen MR) is 97.4 cm³/mol. The van der Waals surface area contributed by atoms with Crippen molar-refractivity contribution in [3.8, 4) is 17.2 Å². The highest BCUT2D eigenvalue weighted by Crippen LogP contribution is 2.24. The monoisotopic (exact) mass is 479 g/mol. The van der Waals surface area contributed by atoms with Gasteiger partial charge in [-0.1, -0.05) is 12.1 Å². The van der Waals surface area contributed by atoms with E-state index < -0.39 is 22.4 Å². The minimum absolute atomic E-state index is 0.0452. The van der Waals surface area contributed by atoms with Gasteiger partial charge in [0.2, 0.25) is 0 Å². The second kappa shape index (κ2) is 8.47. The highest BCUT2D eigenvalue weighted by molar-refractivity contribution is 14.1. The fourth-order valence-electron chi connectivity index (χ4n) is 1.92. The molecule has 1 unspecified atom stereocenters. The molecule has 0 fully saturated rings. The lowest BCUT2D eigenvalue weighted by Crippen LogP contribution is -2.32. The maximum Gasteiger partial charge on any atom is 0.446 e. The van der Waals surface area contributed by atoms with Crippen molar-refractivity contribution in [3.63, 3.8) is 0 Å². The van der Waals surface area contributed by atoms with Gasteiger partial charge in [0.1, 0.15) is 23.3 Å². The molecular weight excluding hydrogens is 465 g/mol. The summed E-state index contributed by atoms with van der Waals surface area (Å²) < 4.78 is 42.4. The first kappa shape index (κ1) is 19.4. The first-order valence-corrected chi connectivity index (χ1v) is 9.34. The Morgan fingerprint density at radius 3 is 1.96 bits per heavy atom. The van der Waals surface area contributed by atoms with E-state index in [4.69, 9.17) is 14.4 Å². The van der Waals surface area contributed by atoms with Crippen molar-refractivity contribution in [2.75, 3.05) is 0 Å². The van der Waals surface area contributed by atoms with Gasteiger partial charge in [-0.25, -0.2) is 3.53 Å². The van der Waals surface area contributed by atoms with Crippen molar-refractivity contribution >= 4 is 39.2 Å². The summed E-state index contributed by atoms with van der Waals surface area (Å²) in [5.41, 5.74) is 0.834. The fourth-order valence-corrected chi connectivity index (χ4v) is 2.76. The minimum atomic E-state index is -4.56. The van der Waals surface area contributed by atoms with Gasteiger partial charge in [0, 0.05) is 22.9 Å². The van der Waals surface area contributed by atoms with Crippen LogP contribution in [0.3, 0.4) is 0 Å². The van der Waals surface area contributed by atoms with Gasteiger partial charge < -0.3 is 14.0 Å². The largest absolute Gasteiger partial charge is 0.480 e. The van der Waals surface area contributed by atoms with Gasteiger partial charge in [-0.15, -0.1) is 0 Å². The Labute approximate surface area is 158 Å². The molecule has 0 radical (unpaired) electrons. The minimum Gasteiger partial charge on any atom is -0.480 e. The summed E-state index contributed by atoms with van der Waals surface area (Å²) in [6, 6.07) is 11.9. The Kier molecular flexibility index (Phi) is 6.58. The molecule has 134 valence electrons. The topological polar surface area (TPSA) is 122 Å². The number of halogens is 1. The lowest BCUT2D eigenvalue weighted by Gasteiger charge is -2.11. The van der Waals surface area contributed by atoms with E-state index in [0.29, 0.717) is 17.9 Å². The standard InChI is InChI=1S/C15H14INO7S/c16-17-14(15(18)19)9-10-1-3-11(4-2-10)23-12-5-7-13(8-6-12)24-25(20,21)22/h1-8,14,17H,9H2,(H,18,19)(H,20,21,22). The highest BCUT2D eigenvalue weighted by Gasteiger charge is 2.16. The van der Waals surface area contributed by atoms with E-state index in [1.165, 1.54) is 24.3 Å². The van der Waals surface area contributed by atoms with Crippen LogP contribution in [0.1, 0.15) is 5.56 Å². The maximum atomic E-state index is 11.0. The normalized spacial score (nSPS) is 12.4. The van der Waals surface area contributed by atoms with E-state index in [9.17, 15) is 13.2 Å². The molecule has 0 aliphatic rings. The number of carbonyl (C=O) groups is 1. The number of ether oxygens (including phenoxy) is 1. The second-order valence-electron chi connectivity index (χ2n) is 4.93. The molecule has 0 aliphatic carbocycles. The lowest BCUT2D eigenvalue weighted by atomic mass is 10.1. The third-order valence-corrected chi connectivity index (χ3v) is 4.21. The van der Waals surface area contributed by atoms with Gasteiger partial charge in [-0.2, -0.15) is 8.42 Å². The highest BCUT2D eigenvalue weighted by atomic mass is 127. The Bertz CT molecular complexity index is 822. The maximum absolute atomic E-state index is 11.0. The molecule has 2 aromatic carbocycles. The Morgan fingerprint density at radius 1 is 1.04 bits per heavy atom. The summed E-state index contributed by atoms with van der Waals surface area (Å²) in [5, 5.41) is 9.02. The number of carboxylic acid groups (broad SMARTS) is 1. The third kappa shape index (κ3) is 6.49. The first-order chi connectivity index (χ1) is 11.8. The number of hydrogen-bond acceptors (Lipinski definition) is 6. The van der Waals surface area contributed by atoms with Crippen LogP contribution in [0.4, 0.5) is 0 Å². The molecule has 10 heteroatoms. The van der Waals surface area contributed by atoms with E-state index in [1.54, 1.807) is 47.1 Å². The van der Waals surface area contributed by atoms with Crippen LogP contribution in [-0.4, -0.2) is 30.1 Å². The van der Waals surface area contributed by atoms with Crippen LogP contribution in [0.15, 0.2) is 48.5 Å². The van der Waals surface area contributed by atoms with Gasteiger partial charge in [-0.05, 0) is 48.4 Å². The van der Waals surface area contributed by atoms with E-state index in [1.807, 2.05) is 0 Å². The van der Waals surface area contributed by atoms with Crippen LogP contribution in [0.2, 0.25) is 0 Å². The van der Waals surface area contributed by atoms with Gasteiger partial charge in [0.05, 0.1) is 0 Å². The molecule has 3 N–H and O–H groups in total. The molecule has 0 aromatic heterocycles. The molecule has 1 atom stereocenters. The average molecular weight is 479 g/mol. The Morgan fingerprint density at radius 2 is 1.52 bits per heavy atom. The summed E-state index contributed by atoms with van der Waals surface area (Å²) in [6.45, 7) is 0. The average Bonchev–Trinajstić information content (AvgIpc) is 2.54. The molecule has 0 saturated heterocycles. The van der Waals surface area contributed by atoms with Gasteiger partial charge in [-0.3, -0.25) is 9.35 Å². The summed E-state index contributed by atoms with van der Waals surface area (Å²) in [7, 11) is -4.56. The number of nitrogens with one attached hydrogen (secondary N) is 1. The number of aliphatic carboxylic acids is 1. The van der Waals surface area contributed by atoms with E-state index >= 15 is 0 Å². The zero-order chi connectivity index (χ0) is 18.4. The van der Waals surface area contributed by atoms with Crippen molar-refractivity contribution in [1.29, 1.82) is 0 Å². The summed E-state index contributed by atoms with van der Waals surface area (Å²) in [4.78, 5) is 11.0. The van der Waals surface area contributed by atoms with E-state index in [0.717, 1.165) is 5.56 Å². The lowest BCUT2D eigenvalue weighted by molar-refractivity contribution is -0.138. The van der Waals surface area contributed by atoms with Crippen LogP contribution in [-0.2, 0) is 21.6 Å². The zero-order valence-corrected chi connectivity index (χ0v) is 15.6. The van der Waals surface area contributed by atoms with Crippen LogP contribution in [0, 0.1) is 0 Å². The predicted octanol–water partition coefficient (Wildman–Crippen LogP) is 2.60. The molecule has 0 amide bonds. The van der Waals surface area contributed by atoms with Crippen molar-refractivity contribution in [2.45, 2.75) is 12.5 Å². The number of benzene rings is 2. The summed E-state index contributed by atoms with van der Waals surface area (Å²) >= 11 is 1.80. The van der Waals surface area contributed by atoms with Crippen molar-refractivity contribution < 1.29 is 31.8 Å². The quantitative estimate of drug-likeness (QED) is 0.300. The molecule has 25 heavy (non-hydrogen) atoms. The second-order valence-corrected chi connectivity index (χ2v) is 6.58. The SMILES string of the molecule is O=C(O)C(Cc1ccc(Oc2ccc(OS(=O)(=O)O)cc2)cc1)NI. The van der Waals surface area contributed by atoms with Crippen molar-refractivity contribution in [3.05, 3.63) is 54.1 Å². The van der Waals surface area contributed by atoms with Crippen molar-refractivity contribution in [2.24, 2.45) is 0 Å². The fraction of sp³-hybridized carbons (Fsp3) is 0.133. The Hall–Kier alpha value is -1.89. The molecule has 0 aliphatic heterocycles. The van der Waals surface area contributed by atoms with Gasteiger partial charge in [0.15, 0.2) is 0 Å². The van der Waals surface area contributed by atoms with Gasteiger partial charge >= 0.3 is 16.4 Å². The van der Waals surface area contributed by atoms with E-state index in [2.05, 4.69) is 7.71 Å². The first-order valence-electron chi connectivity index (χ1n) is 6.89. The molecular formula is C15H14INO7S. The molecule has 8 nitrogen and oxygen atoms in total. The number of rotatable bonds is 8. The molecule has 2 rings (SSSR count).